The molecule has 6 nitrogen and oxygen atoms in total. The highest BCUT2D eigenvalue weighted by Crippen LogP contribution is 2.35. The van der Waals surface area contributed by atoms with Gasteiger partial charge in [0, 0.05) is 18.8 Å². The normalized spacial score (nSPS) is 14.6. The Morgan fingerprint density at radius 2 is 1.90 bits per heavy atom. The van der Waals surface area contributed by atoms with Gasteiger partial charge in [-0.25, -0.2) is 4.98 Å². The Balaban J connectivity index is 1.76. The van der Waals surface area contributed by atoms with Gasteiger partial charge in [0.2, 0.25) is 5.71 Å². The Morgan fingerprint density at radius 1 is 1.17 bits per heavy atom. The Bertz CT molecular complexity index is 1090. The van der Waals surface area contributed by atoms with Crippen LogP contribution in [0.25, 0.3) is 11.1 Å². The number of carbonyl (C=O) groups excluding carboxylic acids is 1. The number of alkyl halides is 3. The number of furan rings is 1. The molecule has 3 heterocycles. The fourth-order valence-electron chi connectivity index (χ4n) is 3.60. The van der Waals surface area contributed by atoms with Crippen LogP contribution < -0.4 is 10.2 Å². The van der Waals surface area contributed by atoms with Crippen LogP contribution in [-0.2, 0) is 6.18 Å². The highest BCUT2D eigenvalue weighted by atomic mass is 19.4. The standard InChI is InChI=1S/C20H19F3N4O2/c1-11-15(18(28)26-14-7-5-6-13(10-14)20(21,22)23)16-17(27-8-3-4-9-27)24-12(2)25-19(16)29-11/h5-7,10H,3-4,8-9H2,1-2H3,(H,26,28). The summed E-state index contributed by atoms with van der Waals surface area (Å²) < 4.78 is 44.6. The van der Waals surface area contributed by atoms with Crippen molar-refractivity contribution in [3.8, 4) is 0 Å². The Morgan fingerprint density at radius 3 is 2.59 bits per heavy atom. The molecule has 9 heteroatoms. The predicted octanol–water partition coefficient (Wildman–Crippen LogP) is 4.71. The maximum Gasteiger partial charge on any atom is 0.416 e. The zero-order chi connectivity index (χ0) is 20.8. The monoisotopic (exact) mass is 404 g/mol. The van der Waals surface area contributed by atoms with Gasteiger partial charge in [-0.2, -0.15) is 18.2 Å². The van der Waals surface area contributed by atoms with Crippen LogP contribution in [0.15, 0.2) is 28.7 Å². The van der Waals surface area contributed by atoms with Crippen LogP contribution in [-0.4, -0.2) is 29.0 Å². The van der Waals surface area contributed by atoms with Crippen molar-refractivity contribution < 1.29 is 22.4 Å². The lowest BCUT2D eigenvalue weighted by Gasteiger charge is -2.18. The van der Waals surface area contributed by atoms with E-state index in [9.17, 15) is 18.0 Å². The molecule has 0 unspecified atom stereocenters. The van der Waals surface area contributed by atoms with Gasteiger partial charge in [-0.15, -0.1) is 0 Å². The summed E-state index contributed by atoms with van der Waals surface area (Å²) in [6, 6.07) is 4.52. The van der Waals surface area contributed by atoms with Crippen molar-refractivity contribution in [3.05, 3.63) is 47.0 Å². The molecule has 0 aliphatic carbocycles. The number of halogens is 3. The Hall–Kier alpha value is -3.10. The Labute approximate surface area is 164 Å². The minimum Gasteiger partial charge on any atom is -0.442 e. The van der Waals surface area contributed by atoms with Gasteiger partial charge in [-0.3, -0.25) is 4.79 Å². The lowest BCUT2D eigenvalue weighted by Crippen LogP contribution is -2.21. The molecule has 1 aliphatic rings. The number of aromatic nitrogens is 2. The third kappa shape index (κ3) is 3.64. The number of anilines is 2. The second-order valence-corrected chi connectivity index (χ2v) is 7.03. The molecule has 0 spiro atoms. The molecule has 1 amide bonds. The highest BCUT2D eigenvalue weighted by Gasteiger charge is 2.31. The largest absolute Gasteiger partial charge is 0.442 e. The molecular formula is C20H19F3N4O2. The first-order valence-electron chi connectivity index (χ1n) is 9.25. The van der Waals surface area contributed by atoms with Crippen LogP contribution in [0.1, 0.15) is 40.3 Å². The second-order valence-electron chi connectivity index (χ2n) is 7.03. The maximum absolute atomic E-state index is 13.0. The summed E-state index contributed by atoms with van der Waals surface area (Å²) >= 11 is 0. The number of rotatable bonds is 3. The van der Waals surface area contributed by atoms with Gasteiger partial charge in [0.05, 0.1) is 16.5 Å². The zero-order valence-corrected chi connectivity index (χ0v) is 15.9. The van der Waals surface area contributed by atoms with E-state index in [4.69, 9.17) is 4.42 Å². The van der Waals surface area contributed by atoms with Gasteiger partial charge in [0.25, 0.3) is 5.91 Å². The number of carbonyl (C=O) groups is 1. The molecular weight excluding hydrogens is 385 g/mol. The summed E-state index contributed by atoms with van der Waals surface area (Å²) in [5.41, 5.74) is -0.250. The van der Waals surface area contributed by atoms with Crippen molar-refractivity contribution in [3.63, 3.8) is 0 Å². The summed E-state index contributed by atoms with van der Waals surface area (Å²) in [4.78, 5) is 23.9. The first-order valence-corrected chi connectivity index (χ1v) is 9.25. The molecule has 0 bridgehead atoms. The van der Waals surface area contributed by atoms with Gasteiger partial charge in [-0.1, -0.05) is 6.07 Å². The van der Waals surface area contributed by atoms with Crippen LogP contribution in [0.5, 0.6) is 0 Å². The summed E-state index contributed by atoms with van der Waals surface area (Å²) in [6.07, 6.45) is -2.45. The number of hydrogen-bond acceptors (Lipinski definition) is 5. The quantitative estimate of drug-likeness (QED) is 0.685. The van der Waals surface area contributed by atoms with Gasteiger partial charge < -0.3 is 14.6 Å². The molecule has 2 aromatic heterocycles. The summed E-state index contributed by atoms with van der Waals surface area (Å²) in [7, 11) is 0. The maximum atomic E-state index is 13.0. The number of amides is 1. The average Bonchev–Trinajstić information content (AvgIpc) is 3.27. The first kappa shape index (κ1) is 19.2. The second kappa shape index (κ2) is 7.06. The molecule has 4 rings (SSSR count). The van der Waals surface area contributed by atoms with E-state index in [1.807, 2.05) is 0 Å². The third-order valence-electron chi connectivity index (χ3n) is 4.90. The molecule has 29 heavy (non-hydrogen) atoms. The first-order chi connectivity index (χ1) is 13.7. The third-order valence-corrected chi connectivity index (χ3v) is 4.90. The van der Waals surface area contributed by atoms with Gasteiger partial charge >= 0.3 is 6.18 Å². The van der Waals surface area contributed by atoms with E-state index in [0.29, 0.717) is 28.5 Å². The number of nitrogens with zero attached hydrogens (tertiary/aromatic N) is 3. The fraction of sp³-hybridized carbons (Fsp3) is 0.350. The summed E-state index contributed by atoms with van der Waals surface area (Å²) in [5, 5.41) is 3.03. The molecule has 1 fully saturated rings. The zero-order valence-electron chi connectivity index (χ0n) is 15.9. The van der Waals surface area contributed by atoms with Crippen LogP contribution >= 0.6 is 0 Å². The van der Waals surface area contributed by atoms with E-state index in [2.05, 4.69) is 20.2 Å². The van der Waals surface area contributed by atoms with Gasteiger partial charge in [0.1, 0.15) is 17.4 Å². The molecule has 0 atom stereocenters. The smallest absolute Gasteiger partial charge is 0.416 e. The van der Waals surface area contributed by atoms with E-state index in [1.54, 1.807) is 13.8 Å². The van der Waals surface area contributed by atoms with E-state index in [-0.39, 0.29) is 11.3 Å². The average molecular weight is 404 g/mol. The number of benzene rings is 1. The van der Waals surface area contributed by atoms with Crippen molar-refractivity contribution >= 4 is 28.5 Å². The molecule has 1 N–H and O–H groups in total. The lowest BCUT2D eigenvalue weighted by atomic mass is 10.1. The van der Waals surface area contributed by atoms with Crippen LogP contribution in [0, 0.1) is 13.8 Å². The van der Waals surface area contributed by atoms with E-state index >= 15 is 0 Å². The minimum absolute atomic E-state index is 0.0503. The summed E-state index contributed by atoms with van der Waals surface area (Å²) in [6.45, 7) is 5.00. The van der Waals surface area contributed by atoms with Crippen molar-refractivity contribution in [1.82, 2.24) is 9.97 Å². The molecule has 3 aromatic rings. The highest BCUT2D eigenvalue weighted by molar-refractivity contribution is 6.15. The molecule has 0 saturated carbocycles. The lowest BCUT2D eigenvalue weighted by molar-refractivity contribution is -0.137. The topological polar surface area (TPSA) is 71.3 Å². The number of aryl methyl sites for hydroxylation is 2. The van der Waals surface area contributed by atoms with E-state index in [1.165, 1.54) is 12.1 Å². The van der Waals surface area contributed by atoms with Crippen molar-refractivity contribution in [2.24, 2.45) is 0 Å². The number of fused-ring (bicyclic) bond motifs is 1. The van der Waals surface area contributed by atoms with Crippen molar-refractivity contribution in [1.29, 1.82) is 0 Å². The molecule has 0 radical (unpaired) electrons. The minimum atomic E-state index is -4.49. The van der Waals surface area contributed by atoms with Crippen molar-refractivity contribution in [2.45, 2.75) is 32.9 Å². The Kier molecular flexibility index (Phi) is 4.68. The number of nitrogens with one attached hydrogen (secondary N) is 1. The van der Waals surface area contributed by atoms with Crippen molar-refractivity contribution in [2.75, 3.05) is 23.3 Å². The van der Waals surface area contributed by atoms with Gasteiger partial charge in [0.15, 0.2) is 0 Å². The van der Waals surface area contributed by atoms with E-state index in [0.717, 1.165) is 38.1 Å². The van der Waals surface area contributed by atoms with Gasteiger partial charge in [-0.05, 0) is 44.9 Å². The SMILES string of the molecule is Cc1nc(N2CCCC2)c2c(C(=O)Nc3cccc(C(F)(F)F)c3)c(C)oc2n1. The van der Waals surface area contributed by atoms with Crippen LogP contribution in [0.4, 0.5) is 24.7 Å². The molecule has 1 aliphatic heterocycles. The number of hydrogen-bond donors (Lipinski definition) is 1. The fourth-order valence-corrected chi connectivity index (χ4v) is 3.60. The molecule has 1 aromatic carbocycles. The van der Waals surface area contributed by atoms with Crippen LogP contribution in [0.2, 0.25) is 0 Å². The molecule has 152 valence electrons. The summed E-state index contributed by atoms with van der Waals surface area (Å²) in [5.74, 6) is 0.923. The van der Waals surface area contributed by atoms with Crippen LogP contribution in [0.3, 0.4) is 0 Å². The predicted molar refractivity (Wildman–Crippen MR) is 102 cm³/mol. The molecule has 1 saturated heterocycles. The van der Waals surface area contributed by atoms with E-state index < -0.39 is 17.6 Å².